The molecule has 0 fully saturated rings. The minimum Gasteiger partial charge on any atom is -0.484 e. The molecule has 3 aromatic carbocycles. The van der Waals surface area contributed by atoms with Gasteiger partial charge >= 0.3 is 0 Å². The SMILES string of the molecule is Cc1cc(Oc2coc3cc(OCC(=O)Nc4ccccc4C(C)C)ccc3c2=O)cc(C)c1Cl. The number of anilines is 1. The van der Waals surface area contributed by atoms with Crippen molar-refractivity contribution in [2.45, 2.75) is 33.6 Å². The number of halogens is 1. The lowest BCUT2D eigenvalue weighted by molar-refractivity contribution is -0.118. The highest BCUT2D eigenvalue weighted by atomic mass is 35.5. The van der Waals surface area contributed by atoms with E-state index in [0.717, 1.165) is 22.4 Å². The highest BCUT2D eigenvalue weighted by molar-refractivity contribution is 6.32. The second-order valence-corrected chi connectivity index (χ2v) is 9.02. The Morgan fingerprint density at radius 1 is 1.03 bits per heavy atom. The number of amides is 1. The number of ether oxygens (including phenoxy) is 2. The van der Waals surface area contributed by atoms with E-state index < -0.39 is 0 Å². The second kappa shape index (κ2) is 10.2. The van der Waals surface area contributed by atoms with Crippen LogP contribution in [0.3, 0.4) is 0 Å². The molecule has 0 atom stereocenters. The van der Waals surface area contributed by atoms with Crippen molar-refractivity contribution < 1.29 is 18.7 Å². The molecule has 0 saturated heterocycles. The van der Waals surface area contributed by atoms with Gasteiger partial charge in [0.1, 0.15) is 23.3 Å². The summed E-state index contributed by atoms with van der Waals surface area (Å²) in [5.41, 5.74) is 3.53. The van der Waals surface area contributed by atoms with Gasteiger partial charge in [-0.05, 0) is 66.8 Å². The molecule has 180 valence electrons. The molecule has 1 N–H and O–H groups in total. The summed E-state index contributed by atoms with van der Waals surface area (Å²) in [7, 11) is 0. The monoisotopic (exact) mass is 491 g/mol. The van der Waals surface area contributed by atoms with Gasteiger partial charge in [-0.3, -0.25) is 9.59 Å². The number of benzene rings is 3. The number of carbonyl (C=O) groups is 1. The third-order valence-electron chi connectivity index (χ3n) is 5.58. The van der Waals surface area contributed by atoms with Gasteiger partial charge in [-0.25, -0.2) is 0 Å². The zero-order valence-electron chi connectivity index (χ0n) is 20.0. The predicted molar refractivity (Wildman–Crippen MR) is 138 cm³/mol. The van der Waals surface area contributed by atoms with Crippen LogP contribution in [-0.2, 0) is 4.79 Å². The molecule has 0 saturated carbocycles. The number of hydrogen-bond acceptors (Lipinski definition) is 5. The molecule has 6 nitrogen and oxygen atoms in total. The van der Waals surface area contributed by atoms with Crippen molar-refractivity contribution in [3.63, 3.8) is 0 Å². The molecule has 0 aliphatic rings. The van der Waals surface area contributed by atoms with Crippen LogP contribution in [0, 0.1) is 13.8 Å². The first-order valence-corrected chi connectivity index (χ1v) is 11.6. The Balaban J connectivity index is 1.47. The largest absolute Gasteiger partial charge is 0.484 e. The number of carbonyl (C=O) groups excluding carboxylic acids is 1. The van der Waals surface area contributed by atoms with Crippen molar-refractivity contribution in [2.75, 3.05) is 11.9 Å². The van der Waals surface area contributed by atoms with E-state index in [2.05, 4.69) is 19.2 Å². The van der Waals surface area contributed by atoms with Gasteiger partial charge in [0.25, 0.3) is 5.91 Å². The summed E-state index contributed by atoms with van der Waals surface area (Å²) in [5.74, 6) is 0.969. The molecule has 0 radical (unpaired) electrons. The third-order valence-corrected chi connectivity index (χ3v) is 6.18. The molecule has 4 aromatic rings. The van der Waals surface area contributed by atoms with Crippen molar-refractivity contribution in [1.29, 1.82) is 0 Å². The topological polar surface area (TPSA) is 77.8 Å². The summed E-state index contributed by atoms with van der Waals surface area (Å²) < 4.78 is 17.0. The molecule has 0 spiro atoms. The van der Waals surface area contributed by atoms with Crippen LogP contribution in [-0.4, -0.2) is 12.5 Å². The van der Waals surface area contributed by atoms with Crippen molar-refractivity contribution in [2.24, 2.45) is 0 Å². The fraction of sp³-hybridized carbons (Fsp3) is 0.214. The van der Waals surface area contributed by atoms with Gasteiger partial charge in [-0.15, -0.1) is 0 Å². The predicted octanol–water partition coefficient (Wildman–Crippen LogP) is 7.00. The molecule has 1 amide bonds. The summed E-state index contributed by atoms with van der Waals surface area (Å²) in [6.45, 7) is 7.70. The molecule has 1 heterocycles. The molecule has 35 heavy (non-hydrogen) atoms. The summed E-state index contributed by atoms with van der Waals surface area (Å²) in [5, 5.41) is 3.89. The van der Waals surface area contributed by atoms with Crippen LogP contribution in [0.1, 0.15) is 36.5 Å². The minimum absolute atomic E-state index is 0.0653. The second-order valence-electron chi connectivity index (χ2n) is 8.64. The Hall–Kier alpha value is -3.77. The smallest absolute Gasteiger partial charge is 0.262 e. The number of nitrogens with one attached hydrogen (secondary N) is 1. The number of aryl methyl sites for hydroxylation is 2. The minimum atomic E-state index is -0.314. The molecule has 0 aliphatic carbocycles. The van der Waals surface area contributed by atoms with E-state index in [4.69, 9.17) is 25.5 Å². The number of rotatable bonds is 7. The van der Waals surface area contributed by atoms with Gasteiger partial charge in [-0.2, -0.15) is 0 Å². The summed E-state index contributed by atoms with van der Waals surface area (Å²) >= 11 is 6.21. The first-order valence-electron chi connectivity index (χ1n) is 11.2. The molecular weight excluding hydrogens is 466 g/mol. The quantitative estimate of drug-likeness (QED) is 0.301. The average molecular weight is 492 g/mol. The standard InChI is InChI=1S/C28H26ClNO5/c1-16(2)21-7-5-6-8-23(21)30-26(31)15-33-19-9-10-22-24(13-19)34-14-25(28(22)32)35-20-11-17(3)27(29)18(4)12-20/h5-14,16H,15H2,1-4H3,(H,30,31). The van der Waals surface area contributed by atoms with Crippen LogP contribution in [0.15, 0.2) is 70.1 Å². The molecule has 4 rings (SSSR count). The van der Waals surface area contributed by atoms with Crippen molar-refractivity contribution in [1.82, 2.24) is 0 Å². The van der Waals surface area contributed by atoms with Crippen molar-refractivity contribution in [3.05, 3.63) is 92.8 Å². The maximum Gasteiger partial charge on any atom is 0.262 e. The van der Waals surface area contributed by atoms with Gasteiger partial charge in [0, 0.05) is 16.8 Å². The van der Waals surface area contributed by atoms with Gasteiger partial charge in [0.05, 0.1) is 5.39 Å². The fourth-order valence-electron chi connectivity index (χ4n) is 3.79. The van der Waals surface area contributed by atoms with E-state index in [-0.39, 0.29) is 29.6 Å². The number of hydrogen-bond donors (Lipinski definition) is 1. The Kier molecular flexibility index (Phi) is 7.12. The van der Waals surface area contributed by atoms with Crippen LogP contribution in [0.2, 0.25) is 5.02 Å². The first-order chi connectivity index (χ1) is 16.7. The third kappa shape index (κ3) is 5.49. The zero-order chi connectivity index (χ0) is 25.1. The number of para-hydroxylation sites is 1. The van der Waals surface area contributed by atoms with Crippen LogP contribution in [0.25, 0.3) is 11.0 Å². The molecule has 1 aromatic heterocycles. The van der Waals surface area contributed by atoms with E-state index in [9.17, 15) is 9.59 Å². The van der Waals surface area contributed by atoms with Gasteiger partial charge in [0.2, 0.25) is 11.2 Å². The number of fused-ring (bicyclic) bond motifs is 1. The molecule has 0 unspecified atom stereocenters. The van der Waals surface area contributed by atoms with E-state index in [1.165, 1.54) is 6.26 Å². The lowest BCUT2D eigenvalue weighted by Crippen LogP contribution is -2.21. The van der Waals surface area contributed by atoms with Crippen molar-refractivity contribution in [3.8, 4) is 17.2 Å². The highest BCUT2D eigenvalue weighted by Gasteiger charge is 2.13. The average Bonchev–Trinajstić information content (AvgIpc) is 2.83. The molecule has 7 heteroatoms. The van der Waals surface area contributed by atoms with Crippen LogP contribution in [0.4, 0.5) is 5.69 Å². The molecule has 0 aliphatic heterocycles. The van der Waals surface area contributed by atoms with E-state index in [1.807, 2.05) is 38.1 Å². The Morgan fingerprint density at radius 2 is 1.74 bits per heavy atom. The Bertz CT molecular complexity index is 1430. The zero-order valence-corrected chi connectivity index (χ0v) is 20.7. The Morgan fingerprint density at radius 3 is 2.46 bits per heavy atom. The summed E-state index contributed by atoms with van der Waals surface area (Å²) in [4.78, 5) is 25.4. The van der Waals surface area contributed by atoms with Crippen LogP contribution < -0.4 is 20.2 Å². The van der Waals surface area contributed by atoms with E-state index >= 15 is 0 Å². The fourth-order valence-corrected chi connectivity index (χ4v) is 3.90. The maximum atomic E-state index is 12.9. The van der Waals surface area contributed by atoms with Crippen molar-refractivity contribution >= 4 is 34.2 Å². The van der Waals surface area contributed by atoms with Crippen LogP contribution in [0.5, 0.6) is 17.2 Å². The first kappa shape index (κ1) is 24.4. The lowest BCUT2D eigenvalue weighted by Gasteiger charge is -2.14. The van der Waals surface area contributed by atoms with Gasteiger partial charge in [0.15, 0.2) is 6.61 Å². The maximum absolute atomic E-state index is 12.9. The Labute approximate surface area is 208 Å². The summed E-state index contributed by atoms with van der Waals surface area (Å²) in [6, 6.07) is 16.0. The summed E-state index contributed by atoms with van der Waals surface area (Å²) in [6.07, 6.45) is 1.27. The van der Waals surface area contributed by atoms with Gasteiger partial charge < -0.3 is 19.2 Å². The molecular formula is C28H26ClNO5. The van der Waals surface area contributed by atoms with E-state index in [1.54, 1.807) is 30.3 Å². The van der Waals surface area contributed by atoms with Crippen LogP contribution >= 0.6 is 11.6 Å². The van der Waals surface area contributed by atoms with Gasteiger partial charge in [-0.1, -0.05) is 43.6 Å². The van der Waals surface area contributed by atoms with E-state index in [0.29, 0.717) is 27.5 Å². The highest BCUT2D eigenvalue weighted by Crippen LogP contribution is 2.29. The normalized spacial score (nSPS) is 11.0. The lowest BCUT2D eigenvalue weighted by atomic mass is 10.0. The molecule has 0 bridgehead atoms.